The van der Waals surface area contributed by atoms with E-state index in [0.717, 1.165) is 5.70 Å². The van der Waals surface area contributed by atoms with Crippen molar-refractivity contribution in [2.75, 3.05) is 7.05 Å². The average molecular weight is 184 g/mol. The van der Waals surface area contributed by atoms with Crippen LogP contribution in [0, 0.1) is 0 Å². The first kappa shape index (κ1) is 8.93. The molecule has 0 bridgehead atoms. The minimum Gasteiger partial charge on any atom is -0.392 e. The predicted octanol–water partition coefficient (Wildman–Crippen LogP) is 1.69. The Morgan fingerprint density at radius 2 is 2.33 bits per heavy atom. The molecule has 0 aromatic rings. The molecule has 4 heteroatoms. The molecule has 1 rings (SSSR count). The van der Waals surface area contributed by atoms with E-state index in [1.807, 2.05) is 0 Å². The van der Waals surface area contributed by atoms with Crippen LogP contribution in [0.3, 0.4) is 0 Å². The van der Waals surface area contributed by atoms with Crippen LogP contribution in [0.5, 0.6) is 0 Å². The van der Waals surface area contributed by atoms with Gasteiger partial charge in [-0.15, -0.1) is 0 Å². The zero-order valence-electron chi connectivity index (χ0n) is 6.62. The molecule has 0 aromatic heterocycles. The van der Waals surface area contributed by atoms with Crippen LogP contribution in [0.1, 0.15) is 0 Å². The number of allylic oxidation sites excluding steroid dienone is 3. The van der Waals surface area contributed by atoms with Gasteiger partial charge in [0.05, 0.1) is 11.2 Å². The summed E-state index contributed by atoms with van der Waals surface area (Å²) in [7, 11) is 1.77. The molecule has 0 aromatic carbocycles. The standard InChI is InChI=1S/C8H9FN2S/c1-10-4-8-3-2-7(9)5-11(8)6-12/h2-6,10H,1H3/b8-4-. The highest BCUT2D eigenvalue weighted by molar-refractivity contribution is 7.78. The number of thiocarbonyl (C=S) groups is 1. The van der Waals surface area contributed by atoms with Crippen LogP contribution < -0.4 is 5.32 Å². The van der Waals surface area contributed by atoms with Crippen LogP contribution in [-0.4, -0.2) is 17.4 Å². The van der Waals surface area contributed by atoms with Crippen LogP contribution in [0.4, 0.5) is 4.39 Å². The Bertz CT molecular complexity index is 268. The third-order valence-electron chi connectivity index (χ3n) is 1.38. The lowest BCUT2D eigenvalue weighted by Gasteiger charge is -2.18. The highest BCUT2D eigenvalue weighted by Crippen LogP contribution is 2.15. The van der Waals surface area contributed by atoms with Gasteiger partial charge in [0.25, 0.3) is 0 Å². The van der Waals surface area contributed by atoms with E-state index in [4.69, 9.17) is 12.2 Å². The molecule has 0 saturated carbocycles. The molecule has 1 aliphatic rings. The molecule has 0 amide bonds. The summed E-state index contributed by atoms with van der Waals surface area (Å²) in [5.74, 6) is -0.302. The van der Waals surface area contributed by atoms with Gasteiger partial charge in [0.2, 0.25) is 0 Å². The van der Waals surface area contributed by atoms with Gasteiger partial charge in [0, 0.05) is 19.4 Å². The van der Waals surface area contributed by atoms with Crippen LogP contribution >= 0.6 is 12.2 Å². The second-order valence-corrected chi connectivity index (χ2v) is 2.43. The Morgan fingerprint density at radius 3 is 2.92 bits per heavy atom. The van der Waals surface area contributed by atoms with E-state index in [9.17, 15) is 4.39 Å². The van der Waals surface area contributed by atoms with E-state index in [1.165, 1.54) is 22.7 Å². The van der Waals surface area contributed by atoms with E-state index in [0.29, 0.717) is 0 Å². The van der Waals surface area contributed by atoms with E-state index >= 15 is 0 Å². The smallest absolute Gasteiger partial charge is 0.139 e. The summed E-state index contributed by atoms with van der Waals surface area (Å²) in [6, 6.07) is 0. The maximum Gasteiger partial charge on any atom is 0.139 e. The van der Waals surface area contributed by atoms with Gasteiger partial charge in [-0.3, -0.25) is 0 Å². The first-order chi connectivity index (χ1) is 5.77. The Morgan fingerprint density at radius 1 is 1.58 bits per heavy atom. The van der Waals surface area contributed by atoms with E-state index in [2.05, 4.69) is 5.32 Å². The van der Waals surface area contributed by atoms with Crippen LogP contribution in [0.25, 0.3) is 0 Å². The Kier molecular flexibility index (Phi) is 2.99. The molecule has 1 N–H and O–H groups in total. The van der Waals surface area contributed by atoms with Gasteiger partial charge >= 0.3 is 0 Å². The monoisotopic (exact) mass is 184 g/mol. The van der Waals surface area contributed by atoms with E-state index in [1.54, 1.807) is 19.3 Å². The maximum absolute atomic E-state index is 12.7. The van der Waals surface area contributed by atoms with Crippen molar-refractivity contribution in [1.82, 2.24) is 10.2 Å². The molecular formula is C8H9FN2S. The third-order valence-corrected chi connectivity index (χ3v) is 1.61. The molecule has 0 saturated heterocycles. The largest absolute Gasteiger partial charge is 0.392 e. The van der Waals surface area contributed by atoms with Gasteiger partial charge in [-0.05, 0) is 12.2 Å². The molecule has 0 fully saturated rings. The first-order valence-electron chi connectivity index (χ1n) is 3.44. The van der Waals surface area contributed by atoms with Gasteiger partial charge in [0.15, 0.2) is 0 Å². The Hall–Kier alpha value is -1.16. The minimum atomic E-state index is -0.302. The lowest BCUT2D eigenvalue weighted by molar-refractivity contribution is 0.609. The van der Waals surface area contributed by atoms with E-state index in [-0.39, 0.29) is 5.83 Å². The van der Waals surface area contributed by atoms with Crippen molar-refractivity contribution in [3.8, 4) is 0 Å². The second-order valence-electron chi connectivity index (χ2n) is 2.22. The molecular weight excluding hydrogens is 175 g/mol. The van der Waals surface area contributed by atoms with Gasteiger partial charge in [-0.1, -0.05) is 12.2 Å². The topological polar surface area (TPSA) is 15.3 Å². The Labute approximate surface area is 76.1 Å². The van der Waals surface area contributed by atoms with Crippen LogP contribution in [0.15, 0.2) is 36.1 Å². The first-order valence-corrected chi connectivity index (χ1v) is 3.91. The van der Waals surface area contributed by atoms with Crippen molar-refractivity contribution in [2.45, 2.75) is 0 Å². The Balaban J connectivity index is 2.87. The normalized spacial score (nSPS) is 19.3. The number of rotatable bonds is 2. The SMILES string of the molecule is CN/C=C1/C=CC(F)=CN1C=S. The highest BCUT2D eigenvalue weighted by atomic mass is 32.1. The highest BCUT2D eigenvalue weighted by Gasteiger charge is 2.06. The molecule has 0 aliphatic carbocycles. The average Bonchev–Trinajstić information content (AvgIpc) is 2.08. The van der Waals surface area contributed by atoms with Gasteiger partial charge in [-0.25, -0.2) is 4.39 Å². The maximum atomic E-state index is 12.7. The zero-order valence-corrected chi connectivity index (χ0v) is 7.44. The van der Waals surface area contributed by atoms with Crippen LogP contribution in [-0.2, 0) is 0 Å². The zero-order chi connectivity index (χ0) is 8.97. The van der Waals surface area contributed by atoms with Crippen molar-refractivity contribution in [2.24, 2.45) is 0 Å². The number of hydrogen-bond donors (Lipinski definition) is 1. The molecule has 0 unspecified atom stereocenters. The molecule has 0 atom stereocenters. The molecule has 0 radical (unpaired) electrons. The number of halogens is 1. The summed E-state index contributed by atoms with van der Waals surface area (Å²) in [5.41, 5.74) is 2.20. The third kappa shape index (κ3) is 1.92. The predicted molar refractivity (Wildman–Crippen MR) is 51.0 cm³/mol. The molecule has 1 heterocycles. The second kappa shape index (κ2) is 4.01. The molecule has 0 spiro atoms. The molecule has 2 nitrogen and oxygen atoms in total. The van der Waals surface area contributed by atoms with Gasteiger partial charge in [0.1, 0.15) is 5.83 Å². The summed E-state index contributed by atoms with van der Waals surface area (Å²) in [6.07, 6.45) is 6.10. The molecule has 64 valence electrons. The summed E-state index contributed by atoms with van der Waals surface area (Å²) in [5, 5.41) is 2.84. The van der Waals surface area contributed by atoms with Gasteiger partial charge < -0.3 is 10.2 Å². The lowest BCUT2D eigenvalue weighted by atomic mass is 10.3. The van der Waals surface area contributed by atoms with Gasteiger partial charge in [-0.2, -0.15) is 0 Å². The summed E-state index contributed by atoms with van der Waals surface area (Å²) < 4.78 is 12.7. The quantitative estimate of drug-likeness (QED) is 0.657. The van der Waals surface area contributed by atoms with Crippen molar-refractivity contribution in [1.29, 1.82) is 0 Å². The van der Waals surface area contributed by atoms with Crippen molar-refractivity contribution in [3.05, 3.63) is 36.1 Å². The molecule has 12 heavy (non-hydrogen) atoms. The van der Waals surface area contributed by atoms with Crippen LogP contribution in [0.2, 0.25) is 0 Å². The number of nitrogens with zero attached hydrogens (tertiary/aromatic N) is 1. The summed E-state index contributed by atoms with van der Waals surface area (Å²) in [4.78, 5) is 1.53. The van der Waals surface area contributed by atoms with Crippen molar-refractivity contribution >= 4 is 17.7 Å². The fourth-order valence-corrected chi connectivity index (χ4v) is 1.05. The van der Waals surface area contributed by atoms with E-state index < -0.39 is 0 Å². The fraction of sp³-hybridized carbons (Fsp3) is 0.125. The van der Waals surface area contributed by atoms with Crippen molar-refractivity contribution in [3.63, 3.8) is 0 Å². The number of hydrogen-bond acceptors (Lipinski definition) is 2. The summed E-state index contributed by atoms with van der Waals surface area (Å²) in [6.45, 7) is 0. The summed E-state index contributed by atoms with van der Waals surface area (Å²) >= 11 is 4.70. The molecule has 1 aliphatic heterocycles. The van der Waals surface area contributed by atoms with Crippen molar-refractivity contribution < 1.29 is 4.39 Å². The minimum absolute atomic E-state index is 0.302. The number of nitrogens with one attached hydrogen (secondary N) is 1. The fourth-order valence-electron chi connectivity index (χ4n) is 0.863. The lowest BCUT2D eigenvalue weighted by Crippen LogP contribution is -2.16.